The van der Waals surface area contributed by atoms with E-state index in [1.807, 2.05) is 48.5 Å². The molecule has 2 heteroatoms. The molecule has 0 bridgehead atoms. The van der Waals surface area contributed by atoms with E-state index in [4.69, 9.17) is 5.73 Å². The van der Waals surface area contributed by atoms with Gasteiger partial charge in [-0.2, -0.15) is 0 Å². The molecule has 0 unspecified atom stereocenters. The summed E-state index contributed by atoms with van der Waals surface area (Å²) >= 11 is 0. The normalized spacial score (nSPS) is 5.79. The molecule has 0 saturated carbocycles. The molecule has 0 aromatic rings. The molecule has 0 radical (unpaired) electrons. The highest BCUT2D eigenvalue weighted by molar-refractivity contribution is 4.58. The first-order chi connectivity index (χ1) is 6.15. The lowest BCUT2D eigenvalue weighted by Crippen LogP contribution is -2.06. The number of nitrogens with one attached hydrogen (secondary N) is 1. The van der Waals surface area contributed by atoms with Crippen LogP contribution < -0.4 is 11.1 Å². The summed E-state index contributed by atoms with van der Waals surface area (Å²) in [5, 5.41) is 2.88. The fourth-order valence-electron chi connectivity index (χ4n) is 0.144. The monoisotopic (exact) mass is 206 g/mol. The van der Waals surface area contributed by atoms with Crippen molar-refractivity contribution in [3.05, 3.63) is 12.8 Å². The van der Waals surface area contributed by atoms with Crippen LogP contribution >= 0.6 is 0 Å². The maximum absolute atomic E-state index is 5.11. The summed E-state index contributed by atoms with van der Waals surface area (Å²) in [6, 6.07) is 0.333. The number of rotatable bonds is 2. The van der Waals surface area contributed by atoms with Gasteiger partial charge in [-0.15, -0.1) is 0 Å². The van der Waals surface area contributed by atoms with E-state index in [1.165, 1.54) is 0 Å². The molecule has 0 aliphatic heterocycles. The van der Waals surface area contributed by atoms with E-state index in [9.17, 15) is 0 Å². The fourth-order valence-corrected chi connectivity index (χ4v) is 0.144. The van der Waals surface area contributed by atoms with Crippen molar-refractivity contribution in [1.82, 2.24) is 5.32 Å². The quantitative estimate of drug-likeness (QED) is 0.721. The Morgan fingerprint density at radius 2 is 1.43 bits per heavy atom. The molecule has 0 saturated heterocycles. The summed E-state index contributed by atoms with van der Waals surface area (Å²) in [4.78, 5) is 0. The smallest absolute Gasteiger partial charge is 0.0112 e. The third-order valence-electron chi connectivity index (χ3n) is 0.348. The van der Waals surface area contributed by atoms with Crippen molar-refractivity contribution in [2.24, 2.45) is 5.73 Å². The number of hydrogen-bond acceptors (Lipinski definition) is 2. The van der Waals surface area contributed by atoms with Gasteiger partial charge in [0, 0.05) is 6.54 Å². The van der Waals surface area contributed by atoms with Crippen LogP contribution in [0.1, 0.15) is 55.9 Å². The second kappa shape index (κ2) is 54.6. The second-order valence-electron chi connectivity index (χ2n) is 2.01. The minimum atomic E-state index is 0. The van der Waals surface area contributed by atoms with Gasteiger partial charge in [0.15, 0.2) is 0 Å². The second-order valence-corrected chi connectivity index (χ2v) is 2.01. The van der Waals surface area contributed by atoms with E-state index < -0.39 is 0 Å². The maximum atomic E-state index is 5.11. The number of hydrogen-bond donors (Lipinski definition) is 2. The first-order valence-electron chi connectivity index (χ1n) is 5.25. The molecular weight excluding hydrogens is 172 g/mol. The average Bonchev–Trinajstić information content (AvgIpc) is 2.12. The average molecular weight is 206 g/mol. The third kappa shape index (κ3) is 564. The van der Waals surface area contributed by atoms with Crippen LogP contribution in [-0.2, 0) is 0 Å². The molecule has 0 rings (SSSR count). The standard InChI is InChI=1S/C4H9N.C3H9N.2C2H6.CH4/c1-3-5-4-2;1-3(2)4;2*1-2;/h3,5H,1,4H2,2H3;3H,4H2,1-2H3;2*1-2H3;1H4. The van der Waals surface area contributed by atoms with Crippen LogP contribution in [0.15, 0.2) is 12.8 Å². The van der Waals surface area contributed by atoms with Crippen molar-refractivity contribution >= 4 is 0 Å². The Balaban J connectivity index is -0.0000000273. The summed E-state index contributed by atoms with van der Waals surface area (Å²) in [5.41, 5.74) is 5.11. The van der Waals surface area contributed by atoms with Crippen LogP contribution in [0.5, 0.6) is 0 Å². The molecular formula is C12H34N2. The topological polar surface area (TPSA) is 38.0 Å². The summed E-state index contributed by atoms with van der Waals surface area (Å²) in [5.74, 6) is 0. The van der Waals surface area contributed by atoms with E-state index in [2.05, 4.69) is 11.9 Å². The van der Waals surface area contributed by atoms with Gasteiger partial charge in [-0.3, -0.25) is 0 Å². The fraction of sp³-hybridized carbons (Fsp3) is 0.833. The lowest BCUT2D eigenvalue weighted by Gasteiger charge is -1.83. The first kappa shape index (κ1) is 29.2. The Morgan fingerprint density at radius 3 is 1.43 bits per heavy atom. The van der Waals surface area contributed by atoms with Crippen molar-refractivity contribution in [2.75, 3.05) is 6.54 Å². The molecule has 0 spiro atoms. The van der Waals surface area contributed by atoms with Crippen LogP contribution in [0.3, 0.4) is 0 Å². The Bertz CT molecular complexity index is 49.5. The summed E-state index contributed by atoms with van der Waals surface area (Å²) in [7, 11) is 0. The highest BCUT2D eigenvalue weighted by Crippen LogP contribution is 1.58. The summed E-state index contributed by atoms with van der Waals surface area (Å²) < 4.78 is 0. The molecule has 0 aliphatic carbocycles. The zero-order valence-corrected chi connectivity index (χ0v) is 10.6. The van der Waals surface area contributed by atoms with Crippen molar-refractivity contribution in [3.63, 3.8) is 0 Å². The van der Waals surface area contributed by atoms with Gasteiger partial charge in [0.1, 0.15) is 0 Å². The molecule has 0 aromatic heterocycles. The minimum absolute atomic E-state index is 0. The molecule has 2 nitrogen and oxygen atoms in total. The Hall–Kier alpha value is -0.500. The van der Waals surface area contributed by atoms with Crippen LogP contribution in [0, 0.1) is 0 Å². The summed E-state index contributed by atoms with van der Waals surface area (Å²) in [6.45, 7) is 18.3. The van der Waals surface area contributed by atoms with Gasteiger partial charge in [0.25, 0.3) is 0 Å². The Labute approximate surface area is 93.0 Å². The van der Waals surface area contributed by atoms with Crippen LogP contribution in [0.25, 0.3) is 0 Å². The highest BCUT2D eigenvalue weighted by Gasteiger charge is 1.67. The molecule has 92 valence electrons. The third-order valence-corrected chi connectivity index (χ3v) is 0.348. The van der Waals surface area contributed by atoms with E-state index in [1.54, 1.807) is 6.20 Å². The van der Waals surface area contributed by atoms with Crippen LogP contribution in [0.2, 0.25) is 0 Å². The molecule has 0 amide bonds. The Morgan fingerprint density at radius 1 is 1.21 bits per heavy atom. The van der Waals surface area contributed by atoms with Gasteiger partial charge >= 0.3 is 0 Å². The predicted octanol–water partition coefficient (Wildman–Crippen LogP) is 3.78. The van der Waals surface area contributed by atoms with Crippen molar-refractivity contribution in [2.45, 2.75) is 61.9 Å². The Kier molecular flexibility index (Phi) is 114. The van der Waals surface area contributed by atoms with E-state index in [0.29, 0.717) is 6.04 Å². The van der Waals surface area contributed by atoms with E-state index in [0.717, 1.165) is 6.54 Å². The van der Waals surface area contributed by atoms with Gasteiger partial charge in [0.2, 0.25) is 0 Å². The largest absolute Gasteiger partial charge is 0.392 e. The molecule has 0 heterocycles. The lowest BCUT2D eigenvalue weighted by atomic mass is 10.5. The zero-order chi connectivity index (χ0) is 11.7. The van der Waals surface area contributed by atoms with Crippen molar-refractivity contribution in [3.8, 4) is 0 Å². The molecule has 0 aromatic carbocycles. The minimum Gasteiger partial charge on any atom is -0.392 e. The zero-order valence-electron chi connectivity index (χ0n) is 10.6. The van der Waals surface area contributed by atoms with Gasteiger partial charge in [-0.1, -0.05) is 55.5 Å². The first-order valence-corrected chi connectivity index (χ1v) is 5.25. The lowest BCUT2D eigenvalue weighted by molar-refractivity contribution is 0.834. The molecule has 0 atom stereocenters. The van der Waals surface area contributed by atoms with E-state index in [-0.39, 0.29) is 7.43 Å². The predicted molar refractivity (Wildman–Crippen MR) is 72.6 cm³/mol. The summed E-state index contributed by atoms with van der Waals surface area (Å²) in [6.07, 6.45) is 1.68. The maximum Gasteiger partial charge on any atom is 0.0112 e. The highest BCUT2D eigenvalue weighted by atomic mass is 14.8. The van der Waals surface area contributed by atoms with Crippen molar-refractivity contribution < 1.29 is 0 Å². The molecule has 3 N–H and O–H groups in total. The van der Waals surface area contributed by atoms with Crippen LogP contribution in [0.4, 0.5) is 0 Å². The SMILES string of the molecule is C.C=CNCC.CC.CC.CC(C)N. The number of nitrogens with two attached hydrogens (primary N) is 1. The van der Waals surface area contributed by atoms with Gasteiger partial charge in [0.05, 0.1) is 0 Å². The molecule has 0 aliphatic rings. The molecule has 14 heavy (non-hydrogen) atoms. The van der Waals surface area contributed by atoms with Gasteiger partial charge in [-0.05, 0) is 19.2 Å². The van der Waals surface area contributed by atoms with Gasteiger partial charge < -0.3 is 11.1 Å². The van der Waals surface area contributed by atoms with E-state index >= 15 is 0 Å². The van der Waals surface area contributed by atoms with Crippen molar-refractivity contribution in [1.29, 1.82) is 0 Å². The van der Waals surface area contributed by atoms with Crippen LogP contribution in [-0.4, -0.2) is 12.6 Å². The van der Waals surface area contributed by atoms with Gasteiger partial charge in [-0.25, -0.2) is 0 Å². The molecule has 0 fully saturated rings.